The standard InChI is InChI=1S/C16H21ClN4/c17-16-19-14-8-4-3-7-13(14)15(20-16)18-9-12-21-10-5-1-2-6-11-21/h3-4,7-8H,1-2,5-6,9-12H2,(H,18,19,20). The first-order valence-electron chi connectivity index (χ1n) is 7.71. The molecule has 3 rings (SSSR count). The van der Waals surface area contributed by atoms with Crippen molar-refractivity contribution in [1.29, 1.82) is 0 Å². The van der Waals surface area contributed by atoms with Crippen LogP contribution >= 0.6 is 11.6 Å². The van der Waals surface area contributed by atoms with E-state index in [9.17, 15) is 0 Å². The van der Waals surface area contributed by atoms with Crippen molar-refractivity contribution in [2.24, 2.45) is 0 Å². The molecule has 4 nitrogen and oxygen atoms in total. The summed E-state index contributed by atoms with van der Waals surface area (Å²) in [6, 6.07) is 7.95. The second-order valence-electron chi connectivity index (χ2n) is 5.54. The molecule has 112 valence electrons. The monoisotopic (exact) mass is 304 g/mol. The van der Waals surface area contributed by atoms with Crippen LogP contribution in [0.3, 0.4) is 0 Å². The van der Waals surface area contributed by atoms with Gasteiger partial charge in [-0.15, -0.1) is 0 Å². The maximum atomic E-state index is 6.00. The van der Waals surface area contributed by atoms with Gasteiger partial charge in [0.05, 0.1) is 5.52 Å². The van der Waals surface area contributed by atoms with Crippen molar-refractivity contribution in [3.63, 3.8) is 0 Å². The maximum Gasteiger partial charge on any atom is 0.224 e. The van der Waals surface area contributed by atoms with Gasteiger partial charge < -0.3 is 10.2 Å². The Balaban J connectivity index is 1.64. The molecular weight excluding hydrogens is 284 g/mol. The van der Waals surface area contributed by atoms with Gasteiger partial charge in [0, 0.05) is 18.5 Å². The molecule has 2 aromatic rings. The zero-order chi connectivity index (χ0) is 14.5. The average Bonchev–Trinajstić information content (AvgIpc) is 2.76. The molecule has 1 aromatic heterocycles. The van der Waals surface area contributed by atoms with Crippen LogP contribution in [0.2, 0.25) is 5.28 Å². The highest BCUT2D eigenvalue weighted by atomic mass is 35.5. The number of anilines is 1. The molecule has 1 aliphatic heterocycles. The van der Waals surface area contributed by atoms with Crippen molar-refractivity contribution in [2.75, 3.05) is 31.5 Å². The normalized spacial score (nSPS) is 16.8. The molecule has 0 spiro atoms. The van der Waals surface area contributed by atoms with Gasteiger partial charge in [0.1, 0.15) is 5.82 Å². The highest BCUT2D eigenvalue weighted by Gasteiger charge is 2.09. The average molecular weight is 305 g/mol. The van der Waals surface area contributed by atoms with Crippen molar-refractivity contribution in [3.8, 4) is 0 Å². The van der Waals surface area contributed by atoms with Crippen molar-refractivity contribution >= 4 is 28.3 Å². The zero-order valence-electron chi connectivity index (χ0n) is 12.2. The molecule has 0 bridgehead atoms. The lowest BCUT2D eigenvalue weighted by Gasteiger charge is -2.20. The summed E-state index contributed by atoms with van der Waals surface area (Å²) < 4.78 is 0. The Hall–Kier alpha value is -1.39. The minimum atomic E-state index is 0.297. The fourth-order valence-electron chi connectivity index (χ4n) is 2.88. The number of halogens is 1. The van der Waals surface area contributed by atoms with E-state index >= 15 is 0 Å². The van der Waals surface area contributed by atoms with Gasteiger partial charge in [-0.1, -0.05) is 25.0 Å². The number of benzene rings is 1. The first kappa shape index (κ1) is 14.5. The van der Waals surface area contributed by atoms with Crippen LogP contribution in [-0.4, -0.2) is 41.0 Å². The number of likely N-dealkylation sites (tertiary alicyclic amines) is 1. The van der Waals surface area contributed by atoms with Crippen LogP contribution in [0.15, 0.2) is 24.3 Å². The Labute approximate surface area is 130 Å². The summed E-state index contributed by atoms with van der Waals surface area (Å²) in [5.74, 6) is 0.834. The van der Waals surface area contributed by atoms with Gasteiger partial charge in [-0.3, -0.25) is 0 Å². The molecule has 1 fully saturated rings. The molecule has 1 aromatic carbocycles. The number of nitrogens with one attached hydrogen (secondary N) is 1. The van der Waals surface area contributed by atoms with E-state index in [2.05, 4.69) is 20.2 Å². The molecule has 1 aliphatic rings. The zero-order valence-corrected chi connectivity index (χ0v) is 12.9. The second-order valence-corrected chi connectivity index (χ2v) is 5.88. The van der Waals surface area contributed by atoms with E-state index in [1.54, 1.807) is 0 Å². The molecule has 0 saturated carbocycles. The van der Waals surface area contributed by atoms with Gasteiger partial charge in [-0.2, -0.15) is 0 Å². The van der Waals surface area contributed by atoms with Gasteiger partial charge in [0.25, 0.3) is 0 Å². The number of nitrogens with zero attached hydrogens (tertiary/aromatic N) is 3. The third kappa shape index (κ3) is 3.83. The largest absolute Gasteiger partial charge is 0.368 e. The summed E-state index contributed by atoms with van der Waals surface area (Å²) >= 11 is 6.00. The van der Waals surface area contributed by atoms with Crippen LogP contribution in [-0.2, 0) is 0 Å². The first-order chi connectivity index (χ1) is 10.3. The highest BCUT2D eigenvalue weighted by molar-refractivity contribution is 6.28. The molecule has 0 amide bonds. The van der Waals surface area contributed by atoms with E-state index in [4.69, 9.17) is 11.6 Å². The number of para-hydroxylation sites is 1. The summed E-state index contributed by atoms with van der Waals surface area (Å²) in [5, 5.41) is 4.74. The Morgan fingerprint density at radius 3 is 2.62 bits per heavy atom. The van der Waals surface area contributed by atoms with Gasteiger partial charge >= 0.3 is 0 Å². The number of hydrogen-bond donors (Lipinski definition) is 1. The van der Waals surface area contributed by atoms with Crippen LogP contribution in [0, 0.1) is 0 Å². The molecule has 0 radical (unpaired) electrons. The van der Waals surface area contributed by atoms with Gasteiger partial charge in [0.15, 0.2) is 0 Å². The molecule has 1 N–H and O–H groups in total. The third-order valence-corrected chi connectivity index (χ3v) is 4.16. The van der Waals surface area contributed by atoms with Crippen molar-refractivity contribution in [1.82, 2.24) is 14.9 Å². The van der Waals surface area contributed by atoms with E-state index in [1.807, 2.05) is 24.3 Å². The summed E-state index contributed by atoms with van der Waals surface area (Å²) in [6.07, 6.45) is 5.39. The van der Waals surface area contributed by atoms with Crippen LogP contribution in [0.25, 0.3) is 10.9 Å². The summed E-state index contributed by atoms with van der Waals surface area (Å²) in [5.41, 5.74) is 0.884. The third-order valence-electron chi connectivity index (χ3n) is 4.00. The Kier molecular flexibility index (Phi) is 4.88. The first-order valence-corrected chi connectivity index (χ1v) is 8.09. The van der Waals surface area contributed by atoms with E-state index in [1.165, 1.54) is 38.8 Å². The fourth-order valence-corrected chi connectivity index (χ4v) is 3.05. The van der Waals surface area contributed by atoms with Gasteiger partial charge in [0.2, 0.25) is 5.28 Å². The van der Waals surface area contributed by atoms with Crippen LogP contribution < -0.4 is 5.32 Å². The van der Waals surface area contributed by atoms with Crippen LogP contribution in [0.4, 0.5) is 5.82 Å². The van der Waals surface area contributed by atoms with E-state index in [0.29, 0.717) is 5.28 Å². The Bertz CT molecular complexity index is 594. The van der Waals surface area contributed by atoms with Gasteiger partial charge in [-0.05, 0) is 49.7 Å². The minimum absolute atomic E-state index is 0.297. The Morgan fingerprint density at radius 1 is 1.05 bits per heavy atom. The number of rotatable bonds is 4. The molecule has 0 aliphatic carbocycles. The number of aromatic nitrogens is 2. The summed E-state index contributed by atoms with van der Waals surface area (Å²) in [4.78, 5) is 11.1. The maximum absolute atomic E-state index is 6.00. The van der Waals surface area contributed by atoms with Crippen molar-refractivity contribution in [3.05, 3.63) is 29.5 Å². The molecule has 1 saturated heterocycles. The minimum Gasteiger partial charge on any atom is -0.368 e. The lowest BCUT2D eigenvalue weighted by atomic mass is 10.2. The summed E-state index contributed by atoms with van der Waals surface area (Å²) in [7, 11) is 0. The van der Waals surface area contributed by atoms with E-state index < -0.39 is 0 Å². The van der Waals surface area contributed by atoms with Crippen LogP contribution in [0.5, 0.6) is 0 Å². The quantitative estimate of drug-likeness (QED) is 0.877. The lowest BCUT2D eigenvalue weighted by molar-refractivity contribution is 0.296. The fraction of sp³-hybridized carbons (Fsp3) is 0.500. The molecular formula is C16H21ClN4. The summed E-state index contributed by atoms with van der Waals surface area (Å²) in [6.45, 7) is 4.37. The van der Waals surface area contributed by atoms with E-state index in [-0.39, 0.29) is 0 Å². The topological polar surface area (TPSA) is 41.1 Å². The molecule has 21 heavy (non-hydrogen) atoms. The number of fused-ring (bicyclic) bond motifs is 1. The molecule has 2 heterocycles. The highest BCUT2D eigenvalue weighted by Crippen LogP contribution is 2.21. The van der Waals surface area contributed by atoms with Crippen molar-refractivity contribution < 1.29 is 0 Å². The molecule has 0 unspecified atom stereocenters. The lowest BCUT2D eigenvalue weighted by Crippen LogP contribution is -2.30. The van der Waals surface area contributed by atoms with Gasteiger partial charge in [-0.25, -0.2) is 9.97 Å². The smallest absolute Gasteiger partial charge is 0.224 e. The number of hydrogen-bond acceptors (Lipinski definition) is 4. The van der Waals surface area contributed by atoms with E-state index in [0.717, 1.165) is 29.8 Å². The molecule has 0 atom stereocenters. The predicted octanol–water partition coefficient (Wildman–Crippen LogP) is 3.57. The molecule has 5 heteroatoms. The SMILES string of the molecule is Clc1nc(NCCN2CCCCCC2)c2ccccc2n1. The van der Waals surface area contributed by atoms with Crippen molar-refractivity contribution in [2.45, 2.75) is 25.7 Å². The Morgan fingerprint density at radius 2 is 1.81 bits per heavy atom. The predicted molar refractivity (Wildman–Crippen MR) is 87.9 cm³/mol. The van der Waals surface area contributed by atoms with Crippen LogP contribution in [0.1, 0.15) is 25.7 Å². The second kappa shape index (κ2) is 7.05.